The van der Waals surface area contributed by atoms with Gasteiger partial charge in [0.1, 0.15) is 5.03 Å². The fraction of sp³-hybridized carbons (Fsp3) is 0.190. The van der Waals surface area contributed by atoms with Crippen LogP contribution in [0.25, 0.3) is 22.3 Å². The topological polar surface area (TPSA) is 92.3 Å². The number of thioether (sulfide) groups is 2. The van der Waals surface area contributed by atoms with Crippen molar-refractivity contribution in [3.05, 3.63) is 53.0 Å². The van der Waals surface area contributed by atoms with Crippen LogP contribution in [0.5, 0.6) is 0 Å². The van der Waals surface area contributed by atoms with E-state index in [0.29, 0.717) is 5.82 Å². The third kappa shape index (κ3) is 5.25. The van der Waals surface area contributed by atoms with E-state index in [-0.39, 0.29) is 41.6 Å². The number of carbonyl (C=O) groups is 3. The quantitative estimate of drug-likeness (QED) is 0.375. The van der Waals surface area contributed by atoms with E-state index in [1.807, 2.05) is 48.5 Å². The summed E-state index contributed by atoms with van der Waals surface area (Å²) in [6.45, 7) is 0.414. The number of hydrogen-bond donors (Lipinski definition) is 1. The van der Waals surface area contributed by atoms with Gasteiger partial charge in [-0.05, 0) is 18.2 Å². The summed E-state index contributed by atoms with van der Waals surface area (Å²) in [5.41, 5.74) is 1.69. The summed E-state index contributed by atoms with van der Waals surface area (Å²) in [4.78, 5) is 46.0. The Kier molecular flexibility index (Phi) is 6.89. The number of halogens is 1. The number of nitrogens with zero attached hydrogens (tertiary/aromatic N) is 3. The number of fused-ring (bicyclic) bond motifs is 1. The number of aromatic nitrogens is 2. The molecule has 2 heterocycles. The van der Waals surface area contributed by atoms with Gasteiger partial charge in [-0.3, -0.25) is 19.3 Å². The molecule has 158 valence electrons. The van der Waals surface area contributed by atoms with Gasteiger partial charge in [0.15, 0.2) is 5.82 Å². The van der Waals surface area contributed by atoms with Crippen LogP contribution in [0.15, 0.2) is 58.0 Å². The highest BCUT2D eigenvalue weighted by Gasteiger charge is 2.29. The molecule has 4 rings (SSSR count). The molecule has 1 N–H and O–H groups in total. The van der Waals surface area contributed by atoms with Gasteiger partial charge in [-0.25, -0.2) is 9.97 Å². The van der Waals surface area contributed by atoms with Crippen molar-refractivity contribution in [2.75, 3.05) is 24.6 Å². The highest BCUT2D eigenvalue weighted by molar-refractivity contribution is 9.10. The lowest BCUT2D eigenvalue weighted by Gasteiger charge is -2.13. The Labute approximate surface area is 195 Å². The molecule has 1 saturated heterocycles. The van der Waals surface area contributed by atoms with Gasteiger partial charge >= 0.3 is 0 Å². The van der Waals surface area contributed by atoms with Gasteiger partial charge in [0.05, 0.1) is 17.0 Å². The van der Waals surface area contributed by atoms with Gasteiger partial charge in [-0.2, -0.15) is 0 Å². The first kappa shape index (κ1) is 21.8. The summed E-state index contributed by atoms with van der Waals surface area (Å²) >= 11 is 5.75. The van der Waals surface area contributed by atoms with E-state index in [4.69, 9.17) is 4.98 Å². The van der Waals surface area contributed by atoms with Crippen LogP contribution < -0.4 is 5.32 Å². The Morgan fingerprint density at radius 2 is 1.90 bits per heavy atom. The van der Waals surface area contributed by atoms with Crippen molar-refractivity contribution in [1.82, 2.24) is 20.2 Å². The Morgan fingerprint density at radius 1 is 1.13 bits per heavy atom. The lowest BCUT2D eigenvalue weighted by Crippen LogP contribution is -2.38. The second-order valence-corrected chi connectivity index (χ2v) is 9.42. The molecule has 1 aliphatic rings. The number of carbonyl (C=O) groups excluding carboxylic acids is 3. The van der Waals surface area contributed by atoms with Crippen LogP contribution in [-0.2, 0) is 9.59 Å². The molecule has 2 aromatic carbocycles. The van der Waals surface area contributed by atoms with Crippen LogP contribution in [0, 0.1) is 0 Å². The minimum absolute atomic E-state index is 0.164. The van der Waals surface area contributed by atoms with E-state index in [2.05, 4.69) is 26.2 Å². The first-order valence-corrected chi connectivity index (χ1v) is 12.2. The second-order valence-electron chi connectivity index (χ2n) is 6.61. The molecule has 31 heavy (non-hydrogen) atoms. The maximum atomic E-state index is 12.3. The maximum absolute atomic E-state index is 12.3. The molecule has 0 atom stereocenters. The van der Waals surface area contributed by atoms with Crippen molar-refractivity contribution in [2.45, 2.75) is 5.03 Å². The zero-order valence-electron chi connectivity index (χ0n) is 16.2. The lowest BCUT2D eigenvalue weighted by molar-refractivity contribution is -0.125. The third-order valence-electron chi connectivity index (χ3n) is 4.51. The highest BCUT2D eigenvalue weighted by Crippen LogP contribution is 2.28. The molecule has 0 aliphatic carbocycles. The van der Waals surface area contributed by atoms with E-state index in [9.17, 15) is 14.4 Å². The van der Waals surface area contributed by atoms with Crippen LogP contribution in [-0.4, -0.2) is 56.5 Å². The summed E-state index contributed by atoms with van der Waals surface area (Å²) in [7, 11) is 0. The second kappa shape index (κ2) is 9.80. The fourth-order valence-corrected chi connectivity index (χ4v) is 4.84. The number of nitrogens with one attached hydrogen (secondary N) is 1. The predicted octanol–water partition coefficient (Wildman–Crippen LogP) is 3.96. The average Bonchev–Trinajstić information content (AvgIpc) is 3.10. The summed E-state index contributed by atoms with van der Waals surface area (Å²) in [5, 5.41) is 4.10. The van der Waals surface area contributed by atoms with Crippen LogP contribution >= 0.6 is 39.5 Å². The highest BCUT2D eigenvalue weighted by atomic mass is 79.9. The molecule has 0 unspecified atom stereocenters. The molecule has 1 fully saturated rings. The van der Waals surface area contributed by atoms with Crippen molar-refractivity contribution in [3.8, 4) is 11.4 Å². The first-order chi connectivity index (χ1) is 15.0. The zero-order valence-corrected chi connectivity index (χ0v) is 19.4. The van der Waals surface area contributed by atoms with Crippen molar-refractivity contribution in [3.63, 3.8) is 0 Å². The molecular formula is C21H17BrN4O3S2. The molecule has 7 nitrogen and oxygen atoms in total. The molecule has 0 bridgehead atoms. The largest absolute Gasteiger partial charge is 0.354 e. The van der Waals surface area contributed by atoms with Gasteiger partial charge in [-0.15, -0.1) is 0 Å². The maximum Gasteiger partial charge on any atom is 0.288 e. The summed E-state index contributed by atoms with van der Waals surface area (Å²) in [5.74, 6) is 0.524. The van der Waals surface area contributed by atoms with Gasteiger partial charge < -0.3 is 5.32 Å². The van der Waals surface area contributed by atoms with E-state index in [1.54, 1.807) is 0 Å². The van der Waals surface area contributed by atoms with Crippen molar-refractivity contribution >= 4 is 67.4 Å². The van der Waals surface area contributed by atoms with Gasteiger partial charge in [0, 0.05) is 28.5 Å². The average molecular weight is 517 g/mol. The van der Waals surface area contributed by atoms with Gasteiger partial charge in [0.2, 0.25) is 11.8 Å². The third-order valence-corrected chi connectivity index (χ3v) is 6.89. The van der Waals surface area contributed by atoms with E-state index in [1.165, 1.54) is 16.7 Å². The van der Waals surface area contributed by atoms with Crippen LogP contribution in [0.3, 0.4) is 0 Å². The number of benzene rings is 2. The Balaban J connectivity index is 1.43. The van der Waals surface area contributed by atoms with Crippen molar-refractivity contribution in [2.24, 2.45) is 0 Å². The number of hydrogen-bond acceptors (Lipinski definition) is 7. The Morgan fingerprint density at radius 3 is 2.65 bits per heavy atom. The standard InChI is InChI=1S/C21H17BrN4O3S2/c22-14-7-5-13(6-8-14)19-24-16-4-2-1-3-15(16)20(25-19)30-11-17(27)23-9-10-26-18(28)12-31-21(26)29/h1-8H,9-12H2,(H,23,27). The zero-order chi connectivity index (χ0) is 21.8. The van der Waals surface area contributed by atoms with Crippen LogP contribution in [0.4, 0.5) is 4.79 Å². The number of amides is 3. The van der Waals surface area contributed by atoms with Crippen LogP contribution in [0.1, 0.15) is 0 Å². The number of imide groups is 1. The van der Waals surface area contributed by atoms with Gasteiger partial charge in [-0.1, -0.05) is 69.8 Å². The molecule has 0 radical (unpaired) electrons. The monoisotopic (exact) mass is 516 g/mol. The Hall–Kier alpha value is -2.43. The van der Waals surface area contributed by atoms with E-state index < -0.39 is 0 Å². The van der Waals surface area contributed by atoms with Crippen LogP contribution in [0.2, 0.25) is 0 Å². The Bertz CT molecular complexity index is 1140. The number of rotatable bonds is 7. The fourth-order valence-electron chi connectivity index (χ4n) is 2.97. The molecule has 1 aromatic heterocycles. The van der Waals surface area contributed by atoms with E-state index >= 15 is 0 Å². The molecule has 1 aliphatic heterocycles. The minimum atomic E-state index is -0.262. The molecular weight excluding hydrogens is 500 g/mol. The lowest BCUT2D eigenvalue weighted by atomic mass is 10.2. The normalized spacial score (nSPS) is 13.8. The summed E-state index contributed by atoms with van der Waals surface area (Å²) in [6, 6.07) is 15.4. The molecule has 3 aromatic rings. The SMILES string of the molecule is O=C(CSc1nc(-c2ccc(Br)cc2)nc2ccccc12)NCCN1C(=O)CSC1=O. The first-order valence-electron chi connectivity index (χ1n) is 9.40. The smallest absolute Gasteiger partial charge is 0.288 e. The number of para-hydroxylation sites is 1. The van der Waals surface area contributed by atoms with Crippen molar-refractivity contribution in [1.29, 1.82) is 0 Å². The van der Waals surface area contributed by atoms with Crippen molar-refractivity contribution < 1.29 is 14.4 Å². The molecule has 3 amide bonds. The van der Waals surface area contributed by atoms with E-state index in [0.717, 1.165) is 37.7 Å². The summed E-state index contributed by atoms with van der Waals surface area (Å²) < 4.78 is 0.972. The van der Waals surface area contributed by atoms with Gasteiger partial charge in [0.25, 0.3) is 5.24 Å². The molecule has 0 spiro atoms. The summed E-state index contributed by atoms with van der Waals surface area (Å²) in [6.07, 6.45) is 0. The molecule has 0 saturated carbocycles. The molecule has 10 heteroatoms. The minimum Gasteiger partial charge on any atom is -0.354 e. The predicted molar refractivity (Wildman–Crippen MR) is 126 cm³/mol.